The number of nitrogens with one attached hydrogen (secondary N) is 3. The number of anilines is 3. The van der Waals surface area contributed by atoms with Crippen molar-refractivity contribution in [3.05, 3.63) is 72.1 Å². The Morgan fingerprint density at radius 2 is 1.60 bits per heavy atom. The van der Waals surface area contributed by atoms with Crippen LogP contribution in [0, 0.1) is 0 Å². The van der Waals surface area contributed by atoms with E-state index in [0.717, 1.165) is 44.7 Å². The zero-order chi connectivity index (χ0) is 34.1. The molecule has 0 saturated carbocycles. The molecule has 3 heterocycles. The molecule has 48 heavy (non-hydrogen) atoms. The van der Waals surface area contributed by atoms with Gasteiger partial charge in [-0.25, -0.2) is 9.59 Å². The predicted octanol–water partition coefficient (Wildman–Crippen LogP) is 5.12. The molecule has 13 nitrogen and oxygen atoms in total. The number of pyridine rings is 1. The van der Waals surface area contributed by atoms with Crippen LogP contribution in [0.1, 0.15) is 43.2 Å². The molecule has 2 aromatic carbocycles. The third-order valence-electron chi connectivity index (χ3n) is 7.82. The van der Waals surface area contributed by atoms with E-state index < -0.39 is 17.6 Å². The highest BCUT2D eigenvalue weighted by Gasteiger charge is 2.21. The van der Waals surface area contributed by atoms with Crippen molar-refractivity contribution in [1.82, 2.24) is 19.7 Å². The molecular formula is C35H45N7O6. The molecule has 3 aromatic rings. The van der Waals surface area contributed by atoms with Crippen molar-refractivity contribution in [3.63, 3.8) is 0 Å². The van der Waals surface area contributed by atoms with E-state index in [9.17, 15) is 14.4 Å². The first-order chi connectivity index (χ1) is 23.0. The number of carbonyl (C=O) groups excluding carboxylic acids is 3. The summed E-state index contributed by atoms with van der Waals surface area (Å²) in [6, 6.07) is 15.4. The summed E-state index contributed by atoms with van der Waals surface area (Å²) in [7, 11) is 2.13. The molecule has 0 unspecified atom stereocenters. The normalized spacial score (nSPS) is 14.9. The number of para-hydroxylation sites is 2. The minimum atomic E-state index is -0.666. The average molecular weight is 660 g/mol. The van der Waals surface area contributed by atoms with E-state index in [1.807, 2.05) is 0 Å². The summed E-state index contributed by atoms with van der Waals surface area (Å²) in [5.41, 5.74) is 1.71. The van der Waals surface area contributed by atoms with E-state index in [2.05, 4.69) is 37.8 Å². The summed E-state index contributed by atoms with van der Waals surface area (Å²) < 4.78 is 16.6. The molecule has 1 aromatic heterocycles. The molecule has 4 amide bonds. The van der Waals surface area contributed by atoms with Crippen LogP contribution in [0.2, 0.25) is 0 Å². The van der Waals surface area contributed by atoms with Crippen LogP contribution < -0.4 is 25.4 Å². The second-order valence-corrected chi connectivity index (χ2v) is 12.9. The SMILES string of the molecule is CN1CCN(CCCN(Cc2ccc(C(=O)Nc3ccccc3NC(=O)OC(C)(C)C)nc2)C(=O)Nc2ccc3c(c2)OCCO3)CC1. The van der Waals surface area contributed by atoms with Crippen molar-refractivity contribution in [3.8, 4) is 11.5 Å². The molecule has 0 spiro atoms. The molecule has 13 heteroatoms. The Balaban J connectivity index is 1.23. The minimum Gasteiger partial charge on any atom is -0.486 e. The summed E-state index contributed by atoms with van der Waals surface area (Å²) in [6.07, 6.45) is 1.78. The maximum atomic E-state index is 13.6. The number of fused-ring (bicyclic) bond motifs is 1. The molecule has 0 bridgehead atoms. The third kappa shape index (κ3) is 10.1. The number of carbonyl (C=O) groups is 3. The van der Waals surface area contributed by atoms with Crippen LogP contribution in [-0.4, -0.2) is 103 Å². The quantitative estimate of drug-likeness (QED) is 0.271. The number of nitrogens with zero attached hydrogens (tertiary/aromatic N) is 4. The molecule has 1 fully saturated rings. The maximum Gasteiger partial charge on any atom is 0.412 e. The summed E-state index contributed by atoms with van der Waals surface area (Å²) in [5, 5.41) is 8.49. The largest absolute Gasteiger partial charge is 0.486 e. The van der Waals surface area contributed by atoms with Gasteiger partial charge in [0.15, 0.2) is 11.5 Å². The summed E-state index contributed by atoms with van der Waals surface area (Å²) in [6.45, 7) is 12.1. The van der Waals surface area contributed by atoms with E-state index >= 15 is 0 Å². The molecule has 0 aliphatic carbocycles. The van der Waals surface area contributed by atoms with Gasteiger partial charge in [0, 0.05) is 57.2 Å². The van der Waals surface area contributed by atoms with Gasteiger partial charge in [0.2, 0.25) is 0 Å². The zero-order valence-corrected chi connectivity index (χ0v) is 28.1. The van der Waals surface area contributed by atoms with Gasteiger partial charge < -0.3 is 39.5 Å². The number of aromatic nitrogens is 1. The topological polar surface area (TPSA) is 138 Å². The van der Waals surface area contributed by atoms with E-state index in [0.29, 0.717) is 54.9 Å². The van der Waals surface area contributed by atoms with Crippen molar-refractivity contribution in [1.29, 1.82) is 0 Å². The van der Waals surface area contributed by atoms with E-state index in [1.165, 1.54) is 0 Å². The lowest BCUT2D eigenvalue weighted by Crippen LogP contribution is -2.45. The minimum absolute atomic E-state index is 0.188. The van der Waals surface area contributed by atoms with Gasteiger partial charge >= 0.3 is 12.1 Å². The number of urea groups is 1. The fourth-order valence-corrected chi connectivity index (χ4v) is 5.31. The fourth-order valence-electron chi connectivity index (χ4n) is 5.31. The molecular weight excluding hydrogens is 614 g/mol. The second kappa shape index (κ2) is 15.8. The van der Waals surface area contributed by atoms with Crippen molar-refractivity contribution < 1.29 is 28.6 Å². The van der Waals surface area contributed by atoms with Crippen LogP contribution in [0.4, 0.5) is 26.7 Å². The molecule has 2 aliphatic heterocycles. The first-order valence-corrected chi connectivity index (χ1v) is 16.2. The first-order valence-electron chi connectivity index (χ1n) is 16.2. The summed E-state index contributed by atoms with van der Waals surface area (Å²) in [5.74, 6) is 0.809. The van der Waals surface area contributed by atoms with Crippen LogP contribution in [0.5, 0.6) is 11.5 Å². The Hall–Kier alpha value is -4.88. The van der Waals surface area contributed by atoms with Gasteiger partial charge in [0.25, 0.3) is 5.91 Å². The van der Waals surface area contributed by atoms with Crippen molar-refractivity contribution in [2.75, 3.05) is 75.5 Å². The van der Waals surface area contributed by atoms with Crippen molar-refractivity contribution >= 4 is 35.1 Å². The van der Waals surface area contributed by atoms with Crippen LogP contribution in [0.25, 0.3) is 0 Å². The Morgan fingerprint density at radius 1 is 0.896 bits per heavy atom. The van der Waals surface area contributed by atoms with Gasteiger partial charge in [-0.15, -0.1) is 0 Å². The monoisotopic (exact) mass is 659 g/mol. The number of piperazine rings is 1. The molecule has 1 saturated heterocycles. The van der Waals surface area contributed by atoms with Gasteiger partial charge in [0.05, 0.1) is 11.4 Å². The van der Waals surface area contributed by atoms with Crippen molar-refractivity contribution in [2.45, 2.75) is 39.3 Å². The number of ether oxygens (including phenoxy) is 3. The average Bonchev–Trinajstić information content (AvgIpc) is 3.05. The highest BCUT2D eigenvalue weighted by atomic mass is 16.6. The van der Waals surface area contributed by atoms with Crippen LogP contribution in [0.15, 0.2) is 60.8 Å². The van der Waals surface area contributed by atoms with Crippen LogP contribution in [-0.2, 0) is 11.3 Å². The third-order valence-corrected chi connectivity index (χ3v) is 7.82. The van der Waals surface area contributed by atoms with Gasteiger partial charge in [-0.3, -0.25) is 15.1 Å². The molecule has 2 aliphatic rings. The lowest BCUT2D eigenvalue weighted by atomic mass is 10.2. The lowest BCUT2D eigenvalue weighted by molar-refractivity contribution is 0.0635. The number of hydrogen-bond acceptors (Lipinski definition) is 9. The Morgan fingerprint density at radius 3 is 2.29 bits per heavy atom. The van der Waals surface area contributed by atoms with Crippen LogP contribution in [0.3, 0.4) is 0 Å². The number of hydrogen-bond donors (Lipinski definition) is 3. The molecule has 5 rings (SSSR count). The second-order valence-electron chi connectivity index (χ2n) is 12.9. The molecule has 0 atom stereocenters. The lowest BCUT2D eigenvalue weighted by Gasteiger charge is -2.33. The Labute approximate surface area is 281 Å². The number of benzene rings is 2. The molecule has 0 radical (unpaired) electrons. The Bertz CT molecular complexity index is 1570. The predicted molar refractivity (Wildman–Crippen MR) is 184 cm³/mol. The number of likely N-dealkylation sites (N-methyl/N-ethyl adjacent to an activating group) is 1. The van der Waals surface area contributed by atoms with E-state index in [-0.39, 0.29) is 11.7 Å². The number of amides is 4. The Kier molecular flexibility index (Phi) is 11.3. The van der Waals surface area contributed by atoms with Gasteiger partial charge in [0.1, 0.15) is 24.5 Å². The highest BCUT2D eigenvalue weighted by molar-refractivity contribution is 6.05. The van der Waals surface area contributed by atoms with Gasteiger partial charge in [-0.05, 0) is 76.7 Å². The first kappa shape index (κ1) is 34.5. The van der Waals surface area contributed by atoms with Gasteiger partial charge in [-0.1, -0.05) is 18.2 Å². The van der Waals surface area contributed by atoms with Gasteiger partial charge in [-0.2, -0.15) is 0 Å². The van der Waals surface area contributed by atoms with Crippen molar-refractivity contribution in [2.24, 2.45) is 0 Å². The zero-order valence-electron chi connectivity index (χ0n) is 28.1. The highest BCUT2D eigenvalue weighted by Crippen LogP contribution is 2.32. The fraction of sp³-hybridized carbons (Fsp3) is 0.429. The molecule has 256 valence electrons. The van der Waals surface area contributed by atoms with Crippen LogP contribution >= 0.6 is 0 Å². The number of rotatable bonds is 10. The van der Waals surface area contributed by atoms with E-state index in [4.69, 9.17) is 14.2 Å². The molecule has 3 N–H and O–H groups in total. The maximum absolute atomic E-state index is 13.6. The standard InChI is InChI=1S/C35H45N7O6/c1-35(2,3)48-34(45)39-28-9-6-5-8-27(28)38-32(43)29-12-10-25(23-36-29)24-42(15-7-14-41-18-16-40(4)17-19-41)33(44)37-26-11-13-30-31(22-26)47-21-20-46-30/h5-6,8-13,22-23H,7,14-21,24H2,1-4H3,(H,37,44)(H,38,43)(H,39,45). The summed E-state index contributed by atoms with van der Waals surface area (Å²) >= 11 is 0. The smallest absolute Gasteiger partial charge is 0.412 e. The summed E-state index contributed by atoms with van der Waals surface area (Å²) in [4.78, 5) is 49.9. The van der Waals surface area contributed by atoms with E-state index in [1.54, 1.807) is 86.5 Å².